The lowest BCUT2D eigenvalue weighted by Gasteiger charge is -2.31. The van der Waals surface area contributed by atoms with Gasteiger partial charge in [-0.25, -0.2) is 0 Å². The highest BCUT2D eigenvalue weighted by molar-refractivity contribution is 5.85. The molecule has 1 atom stereocenters. The first-order valence-corrected chi connectivity index (χ1v) is 4.33. The van der Waals surface area contributed by atoms with Crippen LogP contribution in [0, 0.1) is 5.41 Å². The van der Waals surface area contributed by atoms with Gasteiger partial charge in [-0.15, -0.1) is 12.4 Å². The van der Waals surface area contributed by atoms with Gasteiger partial charge in [0.2, 0.25) is 5.91 Å². The summed E-state index contributed by atoms with van der Waals surface area (Å²) in [5.41, 5.74) is -0.0295. The van der Waals surface area contributed by atoms with Gasteiger partial charge in [0, 0.05) is 13.1 Å². The first-order valence-electron chi connectivity index (χ1n) is 4.33. The van der Waals surface area contributed by atoms with Gasteiger partial charge in [0.1, 0.15) is 0 Å². The lowest BCUT2D eigenvalue weighted by Crippen LogP contribution is -2.47. The molecule has 0 aromatic heterocycles. The van der Waals surface area contributed by atoms with Crippen molar-refractivity contribution in [3.05, 3.63) is 0 Å². The molecule has 2 aliphatic heterocycles. The monoisotopic (exact) mass is 190 g/mol. The molecule has 0 bridgehead atoms. The Balaban J connectivity index is 0.000000720. The summed E-state index contributed by atoms with van der Waals surface area (Å²) >= 11 is 0. The summed E-state index contributed by atoms with van der Waals surface area (Å²) in [5, 5.41) is 6.19. The molecule has 0 aromatic rings. The quantitative estimate of drug-likeness (QED) is 0.577. The zero-order valence-electron chi connectivity index (χ0n) is 7.06. The molecular formula is C8H15ClN2O. The Morgan fingerprint density at radius 3 is 2.67 bits per heavy atom. The van der Waals surface area contributed by atoms with E-state index in [0.29, 0.717) is 0 Å². The van der Waals surface area contributed by atoms with Crippen LogP contribution in [0.25, 0.3) is 0 Å². The van der Waals surface area contributed by atoms with Gasteiger partial charge in [-0.3, -0.25) is 4.79 Å². The van der Waals surface area contributed by atoms with E-state index in [1.807, 2.05) is 0 Å². The molecule has 2 heterocycles. The molecule has 2 rings (SSSR count). The second-order valence-corrected chi connectivity index (χ2v) is 3.57. The molecule has 12 heavy (non-hydrogen) atoms. The smallest absolute Gasteiger partial charge is 0.227 e. The Hall–Kier alpha value is -0.280. The SMILES string of the molecule is Cl.O=C1NCCCC12CCNC2. The van der Waals surface area contributed by atoms with Gasteiger partial charge < -0.3 is 10.6 Å². The molecule has 0 saturated carbocycles. The van der Waals surface area contributed by atoms with E-state index >= 15 is 0 Å². The Morgan fingerprint density at radius 1 is 1.25 bits per heavy atom. The van der Waals surface area contributed by atoms with Crippen LogP contribution in [0.15, 0.2) is 0 Å². The summed E-state index contributed by atoms with van der Waals surface area (Å²) < 4.78 is 0. The van der Waals surface area contributed by atoms with Crippen LogP contribution in [0.4, 0.5) is 0 Å². The topological polar surface area (TPSA) is 41.1 Å². The number of hydrogen-bond acceptors (Lipinski definition) is 2. The molecule has 4 heteroatoms. The molecule has 2 saturated heterocycles. The molecule has 2 N–H and O–H groups in total. The average molecular weight is 191 g/mol. The fourth-order valence-corrected chi connectivity index (χ4v) is 2.08. The lowest BCUT2D eigenvalue weighted by atomic mass is 9.79. The number of carbonyl (C=O) groups is 1. The van der Waals surface area contributed by atoms with E-state index < -0.39 is 0 Å². The fourth-order valence-electron chi connectivity index (χ4n) is 2.08. The van der Waals surface area contributed by atoms with Crippen molar-refractivity contribution in [1.82, 2.24) is 10.6 Å². The normalized spacial score (nSPS) is 34.5. The van der Waals surface area contributed by atoms with Gasteiger partial charge in [0.05, 0.1) is 5.41 Å². The van der Waals surface area contributed by atoms with Crippen LogP contribution in [-0.4, -0.2) is 25.5 Å². The van der Waals surface area contributed by atoms with Gasteiger partial charge in [-0.1, -0.05) is 0 Å². The molecule has 1 unspecified atom stereocenters. The number of hydrogen-bond donors (Lipinski definition) is 2. The van der Waals surface area contributed by atoms with Crippen molar-refractivity contribution in [3.8, 4) is 0 Å². The third-order valence-electron chi connectivity index (χ3n) is 2.84. The molecule has 2 fully saturated rings. The van der Waals surface area contributed by atoms with E-state index in [4.69, 9.17) is 0 Å². The highest BCUT2D eigenvalue weighted by Crippen LogP contribution is 2.33. The van der Waals surface area contributed by atoms with E-state index in [2.05, 4.69) is 10.6 Å². The number of piperidine rings is 1. The van der Waals surface area contributed by atoms with E-state index in [1.165, 1.54) is 0 Å². The van der Waals surface area contributed by atoms with Gasteiger partial charge in [0.25, 0.3) is 0 Å². The van der Waals surface area contributed by atoms with Crippen molar-refractivity contribution < 1.29 is 4.79 Å². The maximum absolute atomic E-state index is 11.5. The summed E-state index contributed by atoms with van der Waals surface area (Å²) in [7, 11) is 0. The van der Waals surface area contributed by atoms with Crippen molar-refractivity contribution >= 4 is 18.3 Å². The maximum atomic E-state index is 11.5. The molecule has 1 spiro atoms. The molecule has 1 amide bonds. The van der Waals surface area contributed by atoms with E-state index in [0.717, 1.165) is 38.9 Å². The summed E-state index contributed by atoms with van der Waals surface area (Å²) in [6, 6.07) is 0. The van der Waals surface area contributed by atoms with Gasteiger partial charge >= 0.3 is 0 Å². The molecule has 0 aliphatic carbocycles. The van der Waals surface area contributed by atoms with Crippen LogP contribution >= 0.6 is 12.4 Å². The Kier molecular flexibility index (Phi) is 2.96. The molecule has 0 radical (unpaired) electrons. The molecule has 2 aliphatic rings. The summed E-state index contributed by atoms with van der Waals surface area (Å²) in [6.45, 7) is 2.77. The Bertz CT molecular complexity index is 178. The Labute approximate surface area is 78.7 Å². The predicted octanol–water partition coefficient (Wildman–Crippen LogP) is 0.298. The predicted molar refractivity (Wildman–Crippen MR) is 49.4 cm³/mol. The van der Waals surface area contributed by atoms with Crippen molar-refractivity contribution in [2.75, 3.05) is 19.6 Å². The van der Waals surface area contributed by atoms with Crippen LogP contribution in [0.3, 0.4) is 0 Å². The summed E-state index contributed by atoms with van der Waals surface area (Å²) in [4.78, 5) is 11.5. The first-order chi connectivity index (χ1) is 5.33. The van der Waals surface area contributed by atoms with Crippen molar-refractivity contribution in [2.24, 2.45) is 5.41 Å². The van der Waals surface area contributed by atoms with E-state index in [-0.39, 0.29) is 23.7 Å². The van der Waals surface area contributed by atoms with Crippen molar-refractivity contribution in [3.63, 3.8) is 0 Å². The van der Waals surface area contributed by atoms with Crippen molar-refractivity contribution in [2.45, 2.75) is 19.3 Å². The molecule has 0 aromatic carbocycles. The van der Waals surface area contributed by atoms with Crippen LogP contribution in [0.5, 0.6) is 0 Å². The fraction of sp³-hybridized carbons (Fsp3) is 0.875. The van der Waals surface area contributed by atoms with Crippen molar-refractivity contribution in [1.29, 1.82) is 0 Å². The third kappa shape index (κ3) is 1.43. The maximum Gasteiger partial charge on any atom is 0.227 e. The first kappa shape index (κ1) is 9.81. The third-order valence-corrected chi connectivity index (χ3v) is 2.84. The highest BCUT2D eigenvalue weighted by atomic mass is 35.5. The zero-order valence-corrected chi connectivity index (χ0v) is 7.88. The second-order valence-electron chi connectivity index (χ2n) is 3.57. The number of nitrogens with one attached hydrogen (secondary N) is 2. The van der Waals surface area contributed by atoms with Crippen LogP contribution in [-0.2, 0) is 4.79 Å². The van der Waals surface area contributed by atoms with Gasteiger partial charge in [-0.2, -0.15) is 0 Å². The average Bonchev–Trinajstić information content (AvgIpc) is 2.46. The van der Waals surface area contributed by atoms with Crippen LogP contribution in [0.2, 0.25) is 0 Å². The zero-order chi connectivity index (χ0) is 7.73. The number of rotatable bonds is 0. The largest absolute Gasteiger partial charge is 0.356 e. The second kappa shape index (κ2) is 3.62. The lowest BCUT2D eigenvalue weighted by molar-refractivity contribution is -0.132. The summed E-state index contributed by atoms with van der Waals surface area (Å²) in [5.74, 6) is 0.272. The molecular weight excluding hydrogens is 176 g/mol. The molecule has 3 nitrogen and oxygen atoms in total. The Morgan fingerprint density at radius 2 is 2.08 bits per heavy atom. The minimum Gasteiger partial charge on any atom is -0.356 e. The minimum atomic E-state index is -0.0295. The van der Waals surface area contributed by atoms with E-state index in [9.17, 15) is 4.79 Å². The molecule has 70 valence electrons. The summed E-state index contributed by atoms with van der Waals surface area (Å²) in [6.07, 6.45) is 3.25. The minimum absolute atomic E-state index is 0. The number of halogens is 1. The van der Waals surface area contributed by atoms with Gasteiger partial charge in [0.15, 0.2) is 0 Å². The van der Waals surface area contributed by atoms with E-state index in [1.54, 1.807) is 0 Å². The highest BCUT2D eigenvalue weighted by Gasteiger charge is 2.42. The van der Waals surface area contributed by atoms with Crippen LogP contribution in [0.1, 0.15) is 19.3 Å². The van der Waals surface area contributed by atoms with Gasteiger partial charge in [-0.05, 0) is 25.8 Å². The number of amides is 1. The van der Waals surface area contributed by atoms with Crippen LogP contribution < -0.4 is 10.6 Å². The standard InChI is InChI=1S/C8H14N2O.ClH/c11-7-8(2-1-4-10-7)3-5-9-6-8;/h9H,1-6H2,(H,10,11);1H. The number of carbonyl (C=O) groups excluding carboxylic acids is 1.